The van der Waals surface area contributed by atoms with E-state index in [0.717, 1.165) is 28.0 Å². The Kier molecular flexibility index (Phi) is 11.5. The van der Waals surface area contributed by atoms with Crippen LogP contribution in [0.3, 0.4) is 0 Å². The van der Waals surface area contributed by atoms with Crippen LogP contribution in [0.2, 0.25) is 0 Å². The molecule has 0 aromatic heterocycles. The number of carboxylic acid groups (broad SMARTS) is 1. The van der Waals surface area contributed by atoms with E-state index in [1.54, 1.807) is 7.11 Å². The van der Waals surface area contributed by atoms with Crippen LogP contribution in [0, 0.1) is 0 Å². The zero-order chi connectivity index (χ0) is 30.6. The van der Waals surface area contributed by atoms with Gasteiger partial charge in [-0.3, -0.25) is 0 Å². The van der Waals surface area contributed by atoms with Crippen molar-refractivity contribution in [2.45, 2.75) is 56.9 Å². The third-order valence-corrected chi connectivity index (χ3v) is 7.44. The Labute approximate surface area is 258 Å². The molecule has 4 aromatic rings. The first-order valence-electron chi connectivity index (χ1n) is 14.7. The van der Waals surface area contributed by atoms with E-state index in [1.165, 1.54) is 0 Å². The molecule has 0 unspecified atom stereocenters. The van der Waals surface area contributed by atoms with Gasteiger partial charge in [0.1, 0.15) is 30.2 Å². The number of ether oxygens (including phenoxy) is 6. The van der Waals surface area contributed by atoms with Crippen LogP contribution in [0.4, 0.5) is 0 Å². The molecule has 1 aliphatic heterocycles. The second-order valence-corrected chi connectivity index (χ2v) is 10.6. The number of hydrogen-bond donors (Lipinski definition) is 1. The molecule has 0 bridgehead atoms. The van der Waals surface area contributed by atoms with Gasteiger partial charge in [-0.1, -0.05) is 103 Å². The second-order valence-electron chi connectivity index (χ2n) is 10.6. The minimum absolute atomic E-state index is 0.0892. The summed E-state index contributed by atoms with van der Waals surface area (Å²) in [5.41, 5.74) is 3.76. The molecule has 1 saturated heterocycles. The van der Waals surface area contributed by atoms with Crippen molar-refractivity contribution in [3.05, 3.63) is 138 Å². The van der Waals surface area contributed by atoms with Crippen LogP contribution >= 0.6 is 0 Å². The first-order chi connectivity index (χ1) is 21.6. The molecule has 230 valence electrons. The largest absolute Gasteiger partial charge is 0.497 e. The van der Waals surface area contributed by atoms with Crippen molar-refractivity contribution in [1.29, 1.82) is 0 Å². The molecule has 44 heavy (non-hydrogen) atoms. The Morgan fingerprint density at radius 2 is 1.07 bits per heavy atom. The second kappa shape index (κ2) is 16.1. The molecule has 4 aromatic carbocycles. The van der Waals surface area contributed by atoms with Gasteiger partial charge in [-0.05, 0) is 34.4 Å². The average Bonchev–Trinajstić information content (AvgIpc) is 3.07. The van der Waals surface area contributed by atoms with Gasteiger partial charge >= 0.3 is 5.97 Å². The van der Waals surface area contributed by atoms with Gasteiger partial charge in [0.25, 0.3) is 0 Å². The lowest BCUT2D eigenvalue weighted by Crippen LogP contribution is -2.63. The van der Waals surface area contributed by atoms with Gasteiger partial charge in [-0.2, -0.15) is 0 Å². The van der Waals surface area contributed by atoms with Gasteiger partial charge in [0, 0.05) is 0 Å². The number of carbonyl (C=O) groups is 1. The standard InChI is InChI=1S/C36H38O8/c1-39-30-19-17-29(18-20-30)21-40-25-31-32(41-22-26-11-5-2-6-12-26)33(42-23-27-13-7-3-8-14-27)34(35(44-31)36(37)38)43-24-28-15-9-4-10-16-28/h2-20,31-35H,21-25H2,1H3,(H,37,38)/t31-,32-,33+,34-,35-/m1/s1. The maximum atomic E-state index is 12.6. The molecule has 5 atom stereocenters. The monoisotopic (exact) mass is 598 g/mol. The smallest absolute Gasteiger partial charge is 0.335 e. The van der Waals surface area contributed by atoms with Crippen LogP contribution < -0.4 is 4.74 Å². The van der Waals surface area contributed by atoms with Crippen molar-refractivity contribution in [3.63, 3.8) is 0 Å². The van der Waals surface area contributed by atoms with E-state index >= 15 is 0 Å². The summed E-state index contributed by atoms with van der Waals surface area (Å²) in [6.45, 7) is 1.10. The molecule has 1 aliphatic rings. The molecular formula is C36H38O8. The van der Waals surface area contributed by atoms with Crippen molar-refractivity contribution >= 4 is 5.97 Å². The lowest BCUT2D eigenvalue weighted by atomic mass is 9.94. The highest BCUT2D eigenvalue weighted by atomic mass is 16.6. The first-order valence-corrected chi connectivity index (χ1v) is 14.7. The Balaban J connectivity index is 1.40. The molecule has 1 fully saturated rings. The Bertz CT molecular complexity index is 1400. The fraction of sp³-hybridized carbons (Fsp3) is 0.306. The minimum atomic E-state index is -1.30. The van der Waals surface area contributed by atoms with E-state index in [-0.39, 0.29) is 26.4 Å². The number of benzene rings is 4. The summed E-state index contributed by atoms with van der Waals surface area (Å²) >= 11 is 0. The number of hydrogen-bond acceptors (Lipinski definition) is 7. The molecule has 0 saturated carbocycles. The first kappa shape index (κ1) is 31.4. The van der Waals surface area contributed by atoms with Crippen LogP contribution in [0.15, 0.2) is 115 Å². The van der Waals surface area contributed by atoms with Gasteiger partial charge < -0.3 is 33.5 Å². The van der Waals surface area contributed by atoms with Gasteiger partial charge in [0.2, 0.25) is 0 Å². The Morgan fingerprint density at radius 1 is 0.614 bits per heavy atom. The molecule has 1 heterocycles. The lowest BCUT2D eigenvalue weighted by Gasteiger charge is -2.45. The summed E-state index contributed by atoms with van der Waals surface area (Å²) in [5, 5.41) is 10.3. The Morgan fingerprint density at radius 3 is 1.55 bits per heavy atom. The zero-order valence-electron chi connectivity index (χ0n) is 24.7. The number of carboxylic acids is 1. The summed E-state index contributed by atoms with van der Waals surface area (Å²) in [4.78, 5) is 12.6. The van der Waals surface area contributed by atoms with Crippen molar-refractivity contribution in [3.8, 4) is 5.75 Å². The van der Waals surface area contributed by atoms with Gasteiger partial charge in [0.15, 0.2) is 6.10 Å². The lowest BCUT2D eigenvalue weighted by molar-refractivity contribution is -0.271. The summed E-state index contributed by atoms with van der Waals surface area (Å²) in [6.07, 6.45) is -4.45. The highest BCUT2D eigenvalue weighted by Crippen LogP contribution is 2.31. The highest BCUT2D eigenvalue weighted by molar-refractivity contribution is 5.73. The predicted octanol–water partition coefficient (Wildman–Crippen LogP) is 5.82. The van der Waals surface area contributed by atoms with Gasteiger partial charge in [-0.15, -0.1) is 0 Å². The van der Waals surface area contributed by atoms with Crippen molar-refractivity contribution in [1.82, 2.24) is 0 Å². The summed E-state index contributed by atoms with van der Waals surface area (Å²) in [7, 11) is 1.62. The molecule has 0 amide bonds. The molecule has 8 nitrogen and oxygen atoms in total. The van der Waals surface area contributed by atoms with Crippen LogP contribution in [0.25, 0.3) is 0 Å². The maximum absolute atomic E-state index is 12.6. The summed E-state index contributed by atoms with van der Waals surface area (Å²) < 4.78 is 36.9. The van der Waals surface area contributed by atoms with E-state index in [2.05, 4.69) is 0 Å². The van der Waals surface area contributed by atoms with Gasteiger partial charge in [-0.25, -0.2) is 4.79 Å². The van der Waals surface area contributed by atoms with E-state index in [1.807, 2.05) is 115 Å². The fourth-order valence-electron chi connectivity index (χ4n) is 5.14. The van der Waals surface area contributed by atoms with Gasteiger partial charge in [0.05, 0.1) is 40.1 Å². The van der Waals surface area contributed by atoms with E-state index in [4.69, 9.17) is 28.4 Å². The average molecular weight is 599 g/mol. The van der Waals surface area contributed by atoms with Crippen LogP contribution in [0.1, 0.15) is 22.3 Å². The molecule has 1 N–H and O–H groups in total. The third-order valence-electron chi connectivity index (χ3n) is 7.44. The van der Waals surface area contributed by atoms with Crippen molar-refractivity contribution < 1.29 is 38.3 Å². The summed E-state index contributed by atoms with van der Waals surface area (Å²) in [5.74, 6) is -0.388. The normalized spacial score (nSPS) is 21.5. The Hall–Kier alpha value is -4.05. The topological polar surface area (TPSA) is 92.7 Å². The zero-order valence-corrected chi connectivity index (χ0v) is 24.7. The molecule has 0 radical (unpaired) electrons. The van der Waals surface area contributed by atoms with Crippen LogP contribution in [-0.2, 0) is 54.9 Å². The third kappa shape index (κ3) is 8.75. The van der Waals surface area contributed by atoms with E-state index < -0.39 is 36.5 Å². The molecule has 0 aliphatic carbocycles. The quantitative estimate of drug-likeness (QED) is 0.183. The van der Waals surface area contributed by atoms with Crippen LogP contribution in [-0.4, -0.2) is 55.3 Å². The van der Waals surface area contributed by atoms with E-state index in [9.17, 15) is 9.90 Å². The molecule has 0 spiro atoms. The molecule has 5 rings (SSSR count). The maximum Gasteiger partial charge on any atom is 0.335 e. The minimum Gasteiger partial charge on any atom is -0.497 e. The predicted molar refractivity (Wildman–Crippen MR) is 164 cm³/mol. The SMILES string of the molecule is COc1ccc(COC[C@H]2O[C@@H](C(=O)O)[C@H](OCc3ccccc3)[C@@H](OCc3ccccc3)[C@@H]2OCc2ccccc2)cc1. The van der Waals surface area contributed by atoms with Crippen molar-refractivity contribution in [2.75, 3.05) is 13.7 Å². The van der Waals surface area contributed by atoms with Crippen LogP contribution in [0.5, 0.6) is 5.75 Å². The number of aliphatic carboxylic acids is 1. The fourth-order valence-corrected chi connectivity index (χ4v) is 5.14. The molecule has 8 heteroatoms. The van der Waals surface area contributed by atoms with Crippen molar-refractivity contribution in [2.24, 2.45) is 0 Å². The number of methoxy groups -OCH3 is 1. The highest BCUT2D eigenvalue weighted by Gasteiger charge is 2.51. The number of rotatable bonds is 15. The van der Waals surface area contributed by atoms with E-state index in [0.29, 0.717) is 6.61 Å². The molecular weight excluding hydrogens is 560 g/mol. The summed E-state index contributed by atoms with van der Waals surface area (Å²) in [6, 6.07) is 36.7.